The van der Waals surface area contributed by atoms with Crippen molar-refractivity contribution < 1.29 is 9.52 Å². The molecule has 0 atom stereocenters. The molecule has 0 aliphatic carbocycles. The maximum Gasteiger partial charge on any atom is 0.265 e. The van der Waals surface area contributed by atoms with Gasteiger partial charge in [0.15, 0.2) is 11.2 Å². The van der Waals surface area contributed by atoms with Crippen LogP contribution in [0.25, 0.3) is 45.4 Å². The molecule has 0 spiro atoms. The van der Waals surface area contributed by atoms with Gasteiger partial charge < -0.3 is 14.8 Å². The average molecular weight is 488 g/mol. The second-order valence-corrected chi connectivity index (χ2v) is 9.06. The average Bonchev–Trinajstić information content (AvgIpc) is 3.47. The monoisotopic (exact) mass is 487 g/mol. The van der Waals surface area contributed by atoms with Gasteiger partial charge in [-0.25, -0.2) is 9.97 Å². The summed E-state index contributed by atoms with van der Waals surface area (Å²) in [5.41, 5.74) is 6.67. The number of hydrogen-bond acceptors (Lipinski definition) is 7. The van der Waals surface area contributed by atoms with Gasteiger partial charge in [-0.05, 0) is 73.9 Å². The predicted molar refractivity (Wildman–Crippen MR) is 142 cm³/mol. The van der Waals surface area contributed by atoms with E-state index in [2.05, 4.69) is 21.4 Å². The van der Waals surface area contributed by atoms with Crippen molar-refractivity contribution in [3.05, 3.63) is 92.4 Å². The Kier molecular flexibility index (Phi) is 4.95. The molecule has 0 aliphatic heterocycles. The Morgan fingerprint density at radius 2 is 1.86 bits per heavy atom. The summed E-state index contributed by atoms with van der Waals surface area (Å²) in [5.74, 6) is 0.314. The standard InChI is InChI=1S/C29H21N5O3/c1-15-10-16(2)26-23(11-15)33-28(37-26)19-12-18(8-9-25(19)35)31-14-21-17(3)20(13-30)27-32-22-6-4-5-7-24(22)34(27)29(21)36/h4-12,14,31,35H,1-3H3/b21-14+. The third-order valence-corrected chi connectivity index (χ3v) is 6.54. The van der Waals surface area contributed by atoms with Crippen molar-refractivity contribution in [1.29, 1.82) is 5.26 Å². The van der Waals surface area contributed by atoms with Gasteiger partial charge in [-0.3, -0.25) is 9.20 Å². The Hall–Kier alpha value is -5.16. The van der Waals surface area contributed by atoms with Gasteiger partial charge in [0.25, 0.3) is 5.56 Å². The topological polar surface area (TPSA) is 116 Å². The van der Waals surface area contributed by atoms with E-state index in [9.17, 15) is 15.2 Å². The first-order valence-corrected chi connectivity index (χ1v) is 11.7. The van der Waals surface area contributed by atoms with E-state index in [0.29, 0.717) is 61.3 Å². The summed E-state index contributed by atoms with van der Waals surface area (Å²) >= 11 is 0. The SMILES string of the molecule is Cc1cc(C)c2oc(-c3cc(N/C=c4\c(C)c(C#N)c5nc6ccccc6n5c4=O)ccc3O)nc2c1. The normalized spacial score (nSPS) is 12.0. The van der Waals surface area contributed by atoms with Crippen LogP contribution in [0.2, 0.25) is 0 Å². The van der Waals surface area contributed by atoms with Crippen LogP contribution in [0, 0.1) is 32.1 Å². The predicted octanol–water partition coefficient (Wildman–Crippen LogP) is 4.73. The van der Waals surface area contributed by atoms with E-state index in [1.165, 1.54) is 10.5 Å². The van der Waals surface area contributed by atoms with Crippen LogP contribution >= 0.6 is 0 Å². The number of aromatic nitrogens is 3. The van der Waals surface area contributed by atoms with Crippen molar-refractivity contribution in [2.45, 2.75) is 20.8 Å². The van der Waals surface area contributed by atoms with Gasteiger partial charge in [0.2, 0.25) is 5.89 Å². The van der Waals surface area contributed by atoms with Crippen LogP contribution < -0.4 is 16.1 Å². The maximum atomic E-state index is 13.5. The number of rotatable bonds is 3. The lowest BCUT2D eigenvalue weighted by atomic mass is 10.1. The molecule has 0 saturated carbocycles. The highest BCUT2D eigenvalue weighted by atomic mass is 16.3. The Labute approximate surface area is 210 Å². The molecule has 0 radical (unpaired) electrons. The van der Waals surface area contributed by atoms with Crippen molar-refractivity contribution in [3.63, 3.8) is 0 Å². The highest BCUT2D eigenvalue weighted by Gasteiger charge is 2.17. The molecule has 0 saturated heterocycles. The molecule has 180 valence electrons. The van der Waals surface area contributed by atoms with E-state index in [1.807, 2.05) is 44.2 Å². The van der Waals surface area contributed by atoms with Crippen molar-refractivity contribution in [1.82, 2.24) is 14.4 Å². The first kappa shape index (κ1) is 22.3. The van der Waals surface area contributed by atoms with Crippen LogP contribution in [-0.4, -0.2) is 19.5 Å². The number of phenols is 1. The summed E-state index contributed by atoms with van der Waals surface area (Å²) in [5, 5.41) is 23.9. The first-order chi connectivity index (χ1) is 17.9. The molecular weight excluding hydrogens is 466 g/mol. The number of para-hydroxylation sites is 2. The Balaban J connectivity index is 1.48. The number of oxazole rings is 1. The lowest BCUT2D eigenvalue weighted by Crippen LogP contribution is -2.34. The smallest absolute Gasteiger partial charge is 0.265 e. The quantitative estimate of drug-likeness (QED) is 0.347. The van der Waals surface area contributed by atoms with E-state index in [0.717, 1.165) is 11.1 Å². The van der Waals surface area contributed by atoms with Crippen molar-refractivity contribution in [3.8, 4) is 23.3 Å². The fourth-order valence-electron chi connectivity index (χ4n) is 4.73. The number of benzene rings is 3. The number of nitrogens with one attached hydrogen (secondary N) is 1. The number of nitrogens with zero attached hydrogens (tertiary/aromatic N) is 4. The van der Waals surface area contributed by atoms with Crippen LogP contribution in [0.1, 0.15) is 22.3 Å². The second kappa shape index (κ2) is 8.21. The van der Waals surface area contributed by atoms with Crippen molar-refractivity contribution >= 4 is 39.7 Å². The highest BCUT2D eigenvalue weighted by Crippen LogP contribution is 2.34. The van der Waals surface area contributed by atoms with Gasteiger partial charge in [-0.2, -0.15) is 5.26 Å². The molecule has 8 heteroatoms. The maximum absolute atomic E-state index is 13.5. The van der Waals surface area contributed by atoms with E-state index >= 15 is 0 Å². The number of pyridine rings is 1. The van der Waals surface area contributed by atoms with E-state index < -0.39 is 0 Å². The van der Waals surface area contributed by atoms with Gasteiger partial charge in [0, 0.05) is 11.9 Å². The number of nitriles is 1. The molecular formula is C29H21N5O3. The largest absolute Gasteiger partial charge is 0.507 e. The van der Waals surface area contributed by atoms with E-state index in [-0.39, 0.29) is 11.3 Å². The molecule has 0 fully saturated rings. The van der Waals surface area contributed by atoms with Crippen LogP contribution in [0.3, 0.4) is 0 Å². The van der Waals surface area contributed by atoms with Crippen LogP contribution in [0.5, 0.6) is 5.75 Å². The summed E-state index contributed by atoms with van der Waals surface area (Å²) in [4.78, 5) is 22.6. The molecule has 6 rings (SSSR count). The first-order valence-electron chi connectivity index (χ1n) is 11.7. The minimum Gasteiger partial charge on any atom is -0.507 e. The molecule has 0 aliphatic rings. The van der Waals surface area contributed by atoms with Crippen LogP contribution in [0.15, 0.2) is 63.8 Å². The van der Waals surface area contributed by atoms with Crippen molar-refractivity contribution in [2.24, 2.45) is 0 Å². The zero-order valence-electron chi connectivity index (χ0n) is 20.3. The molecule has 6 aromatic rings. The summed E-state index contributed by atoms with van der Waals surface area (Å²) in [6.45, 7) is 5.68. The number of anilines is 1. The number of fused-ring (bicyclic) bond motifs is 4. The Bertz CT molecular complexity index is 2050. The van der Waals surface area contributed by atoms with Crippen LogP contribution in [-0.2, 0) is 0 Å². The van der Waals surface area contributed by atoms with Gasteiger partial charge in [0.1, 0.15) is 17.3 Å². The number of imidazole rings is 1. The molecule has 8 nitrogen and oxygen atoms in total. The van der Waals surface area contributed by atoms with Gasteiger partial charge in [0.05, 0.1) is 27.4 Å². The Morgan fingerprint density at radius 3 is 2.68 bits per heavy atom. The lowest BCUT2D eigenvalue weighted by molar-refractivity contribution is 0.474. The molecule has 3 aromatic heterocycles. The molecule has 0 bridgehead atoms. The molecule has 0 unspecified atom stereocenters. The highest BCUT2D eigenvalue weighted by molar-refractivity contribution is 5.83. The summed E-state index contributed by atoms with van der Waals surface area (Å²) in [7, 11) is 0. The molecule has 3 aromatic carbocycles. The van der Waals surface area contributed by atoms with Crippen LogP contribution in [0.4, 0.5) is 5.69 Å². The van der Waals surface area contributed by atoms with E-state index in [1.54, 1.807) is 31.3 Å². The number of aromatic hydroxyl groups is 1. The minimum atomic E-state index is -0.281. The summed E-state index contributed by atoms with van der Waals surface area (Å²) in [6, 6.07) is 18.4. The van der Waals surface area contributed by atoms with Gasteiger partial charge in [-0.1, -0.05) is 18.2 Å². The molecule has 0 amide bonds. The lowest BCUT2D eigenvalue weighted by Gasteiger charge is -2.06. The summed E-state index contributed by atoms with van der Waals surface area (Å²) < 4.78 is 7.45. The van der Waals surface area contributed by atoms with E-state index in [4.69, 9.17) is 4.42 Å². The Morgan fingerprint density at radius 1 is 1.05 bits per heavy atom. The molecule has 2 N–H and O–H groups in total. The minimum absolute atomic E-state index is 0.0187. The number of phenolic OH excluding ortho intramolecular Hbond substituents is 1. The third kappa shape index (κ3) is 3.48. The zero-order valence-corrected chi connectivity index (χ0v) is 20.3. The van der Waals surface area contributed by atoms with Crippen molar-refractivity contribution in [2.75, 3.05) is 5.32 Å². The zero-order chi connectivity index (χ0) is 25.8. The fourth-order valence-corrected chi connectivity index (χ4v) is 4.73. The summed E-state index contributed by atoms with van der Waals surface area (Å²) in [6.07, 6.45) is 1.57. The molecule has 37 heavy (non-hydrogen) atoms. The second-order valence-electron chi connectivity index (χ2n) is 9.06. The number of aryl methyl sites for hydroxylation is 2. The molecule has 3 heterocycles. The fraction of sp³-hybridized carbons (Fsp3) is 0.103. The van der Waals surface area contributed by atoms with Gasteiger partial charge in [-0.15, -0.1) is 0 Å². The third-order valence-electron chi connectivity index (χ3n) is 6.54. The van der Waals surface area contributed by atoms with Gasteiger partial charge >= 0.3 is 0 Å². The number of hydrogen-bond donors (Lipinski definition) is 2.